The Balaban J connectivity index is 1.45. The number of piperidine rings is 1. The van der Waals surface area contributed by atoms with Crippen LogP contribution in [0.1, 0.15) is 35.4 Å². The number of nitrogens with one attached hydrogen (secondary N) is 2. The van der Waals surface area contributed by atoms with Crippen molar-refractivity contribution in [3.8, 4) is 0 Å². The molecule has 1 aromatic heterocycles. The maximum Gasteiger partial charge on any atom is 0.223 e. The number of benzene rings is 1. The zero-order valence-electron chi connectivity index (χ0n) is 14.8. The summed E-state index contributed by atoms with van der Waals surface area (Å²) >= 11 is 0. The van der Waals surface area contributed by atoms with Crippen molar-refractivity contribution >= 4 is 5.91 Å². The van der Waals surface area contributed by atoms with Crippen LogP contribution in [0.5, 0.6) is 0 Å². The van der Waals surface area contributed by atoms with Gasteiger partial charge in [-0.05, 0) is 57.5 Å². The summed E-state index contributed by atoms with van der Waals surface area (Å²) in [6, 6.07) is 6.64. The van der Waals surface area contributed by atoms with E-state index in [4.69, 9.17) is 0 Å². The summed E-state index contributed by atoms with van der Waals surface area (Å²) in [6.07, 6.45) is 1.72. The van der Waals surface area contributed by atoms with Crippen molar-refractivity contribution in [1.82, 2.24) is 20.4 Å². The lowest BCUT2D eigenvalue weighted by molar-refractivity contribution is -0.126. The number of amides is 1. The fraction of sp³-hybridized carbons (Fsp3) is 0.474. The second-order valence-electron chi connectivity index (χ2n) is 6.81. The summed E-state index contributed by atoms with van der Waals surface area (Å²) in [5, 5.41) is 10.1. The van der Waals surface area contributed by atoms with Crippen LogP contribution in [-0.4, -0.2) is 34.1 Å². The van der Waals surface area contributed by atoms with E-state index in [1.807, 2.05) is 26.0 Å². The minimum atomic E-state index is -0.206. The van der Waals surface area contributed by atoms with Gasteiger partial charge in [-0.15, -0.1) is 0 Å². The topological polar surface area (TPSA) is 61.0 Å². The van der Waals surface area contributed by atoms with Gasteiger partial charge >= 0.3 is 0 Å². The average Bonchev–Trinajstić information content (AvgIpc) is 2.93. The highest BCUT2D eigenvalue weighted by Crippen LogP contribution is 2.20. The number of nitrogens with zero attached hydrogens (tertiary/aromatic N) is 2. The molecule has 1 aliphatic heterocycles. The van der Waals surface area contributed by atoms with E-state index in [0.29, 0.717) is 6.54 Å². The van der Waals surface area contributed by atoms with Crippen molar-refractivity contribution in [3.63, 3.8) is 0 Å². The summed E-state index contributed by atoms with van der Waals surface area (Å²) in [5.74, 6) is -0.0133. The molecule has 0 radical (unpaired) electrons. The summed E-state index contributed by atoms with van der Waals surface area (Å²) in [7, 11) is 0. The van der Waals surface area contributed by atoms with Crippen LogP contribution in [0, 0.1) is 25.6 Å². The van der Waals surface area contributed by atoms with Gasteiger partial charge in [0.05, 0.1) is 5.69 Å². The van der Waals surface area contributed by atoms with Gasteiger partial charge in [0.2, 0.25) is 5.91 Å². The fourth-order valence-corrected chi connectivity index (χ4v) is 3.36. The Hall–Kier alpha value is -2.21. The molecule has 0 atom stereocenters. The largest absolute Gasteiger partial charge is 0.352 e. The maximum absolute atomic E-state index is 13.0. The van der Waals surface area contributed by atoms with E-state index in [-0.39, 0.29) is 17.6 Å². The number of hydrogen-bond donors (Lipinski definition) is 2. The SMILES string of the molecule is Cc1n[nH]c(C)c1CNC(=O)C1CCN(Cc2ccc(F)cc2)CC1. The first kappa shape index (κ1) is 17.6. The fourth-order valence-electron chi connectivity index (χ4n) is 3.36. The van der Waals surface area contributed by atoms with Gasteiger partial charge in [0, 0.05) is 30.3 Å². The van der Waals surface area contributed by atoms with E-state index < -0.39 is 0 Å². The summed E-state index contributed by atoms with van der Waals surface area (Å²) in [5.41, 5.74) is 4.12. The van der Waals surface area contributed by atoms with Crippen LogP contribution in [0.25, 0.3) is 0 Å². The molecular formula is C19H25FN4O. The minimum Gasteiger partial charge on any atom is -0.352 e. The van der Waals surface area contributed by atoms with Crippen LogP contribution < -0.4 is 5.32 Å². The summed E-state index contributed by atoms with van der Waals surface area (Å²) < 4.78 is 13.0. The zero-order chi connectivity index (χ0) is 17.8. The predicted octanol–water partition coefficient (Wildman–Crippen LogP) is 2.69. The number of carbonyl (C=O) groups is 1. The Morgan fingerprint density at radius 2 is 1.96 bits per heavy atom. The Bertz CT molecular complexity index is 698. The van der Waals surface area contributed by atoms with Gasteiger partial charge in [-0.3, -0.25) is 14.8 Å². The van der Waals surface area contributed by atoms with Crippen molar-refractivity contribution in [2.24, 2.45) is 5.92 Å². The Kier molecular flexibility index (Phi) is 5.48. The monoisotopic (exact) mass is 344 g/mol. The molecule has 1 saturated heterocycles. The van der Waals surface area contributed by atoms with E-state index in [1.54, 1.807) is 0 Å². The number of likely N-dealkylation sites (tertiary alicyclic amines) is 1. The van der Waals surface area contributed by atoms with Crippen LogP contribution >= 0.6 is 0 Å². The minimum absolute atomic E-state index is 0.0666. The molecule has 2 heterocycles. The van der Waals surface area contributed by atoms with Crippen LogP contribution in [0.4, 0.5) is 4.39 Å². The number of aryl methyl sites for hydroxylation is 2. The first-order valence-electron chi connectivity index (χ1n) is 8.78. The molecule has 1 aromatic carbocycles. The van der Waals surface area contributed by atoms with E-state index in [0.717, 1.165) is 55.0 Å². The molecular weight excluding hydrogens is 319 g/mol. The van der Waals surface area contributed by atoms with Crippen molar-refractivity contribution < 1.29 is 9.18 Å². The lowest BCUT2D eigenvalue weighted by Crippen LogP contribution is -2.40. The van der Waals surface area contributed by atoms with Crippen molar-refractivity contribution in [2.75, 3.05) is 13.1 Å². The Morgan fingerprint density at radius 3 is 2.56 bits per heavy atom. The summed E-state index contributed by atoms with van der Waals surface area (Å²) in [6.45, 7) is 7.03. The highest BCUT2D eigenvalue weighted by Gasteiger charge is 2.25. The number of H-pyrrole nitrogens is 1. The molecule has 0 saturated carbocycles. The molecule has 1 amide bonds. The average molecular weight is 344 g/mol. The van der Waals surface area contributed by atoms with E-state index in [2.05, 4.69) is 20.4 Å². The Labute approximate surface area is 147 Å². The third kappa shape index (κ3) is 4.45. The standard InChI is InChI=1S/C19H25FN4O/c1-13-18(14(2)23-22-13)11-21-19(25)16-7-9-24(10-8-16)12-15-3-5-17(20)6-4-15/h3-6,16H,7-12H2,1-2H3,(H,21,25)(H,22,23). The van der Waals surface area contributed by atoms with Crippen LogP contribution in [-0.2, 0) is 17.9 Å². The molecule has 2 aromatic rings. The molecule has 0 bridgehead atoms. The highest BCUT2D eigenvalue weighted by atomic mass is 19.1. The third-order valence-electron chi connectivity index (χ3n) is 5.00. The highest BCUT2D eigenvalue weighted by molar-refractivity contribution is 5.78. The number of halogens is 1. The molecule has 1 aliphatic rings. The molecule has 1 fully saturated rings. The molecule has 3 rings (SSSR count). The maximum atomic E-state index is 13.0. The zero-order valence-corrected chi connectivity index (χ0v) is 14.8. The molecule has 5 nitrogen and oxygen atoms in total. The lowest BCUT2D eigenvalue weighted by atomic mass is 9.95. The first-order chi connectivity index (χ1) is 12.0. The van der Waals surface area contributed by atoms with Gasteiger partial charge in [0.15, 0.2) is 0 Å². The smallest absolute Gasteiger partial charge is 0.223 e. The second-order valence-corrected chi connectivity index (χ2v) is 6.81. The van der Waals surface area contributed by atoms with Crippen LogP contribution in [0.15, 0.2) is 24.3 Å². The number of aromatic amines is 1. The van der Waals surface area contributed by atoms with Gasteiger partial charge in [0.25, 0.3) is 0 Å². The molecule has 2 N–H and O–H groups in total. The van der Waals surface area contributed by atoms with E-state index in [9.17, 15) is 9.18 Å². The molecule has 25 heavy (non-hydrogen) atoms. The van der Waals surface area contributed by atoms with Gasteiger partial charge in [-0.2, -0.15) is 5.10 Å². The number of rotatable bonds is 5. The predicted molar refractivity (Wildman–Crippen MR) is 94.3 cm³/mol. The van der Waals surface area contributed by atoms with Gasteiger partial charge in [-0.25, -0.2) is 4.39 Å². The van der Waals surface area contributed by atoms with Crippen LogP contribution in [0.3, 0.4) is 0 Å². The second kappa shape index (κ2) is 7.78. The van der Waals surface area contributed by atoms with Crippen molar-refractivity contribution in [2.45, 2.75) is 39.8 Å². The van der Waals surface area contributed by atoms with Gasteiger partial charge < -0.3 is 5.32 Å². The van der Waals surface area contributed by atoms with Crippen molar-refractivity contribution in [3.05, 3.63) is 52.6 Å². The molecule has 0 aliphatic carbocycles. The first-order valence-corrected chi connectivity index (χ1v) is 8.78. The van der Waals surface area contributed by atoms with E-state index in [1.165, 1.54) is 12.1 Å². The van der Waals surface area contributed by atoms with E-state index >= 15 is 0 Å². The van der Waals surface area contributed by atoms with Crippen LogP contribution in [0.2, 0.25) is 0 Å². The van der Waals surface area contributed by atoms with Gasteiger partial charge in [-0.1, -0.05) is 12.1 Å². The van der Waals surface area contributed by atoms with Crippen molar-refractivity contribution in [1.29, 1.82) is 0 Å². The normalized spacial score (nSPS) is 16.1. The lowest BCUT2D eigenvalue weighted by Gasteiger charge is -2.31. The molecule has 0 unspecified atom stereocenters. The Morgan fingerprint density at radius 1 is 1.28 bits per heavy atom. The number of aromatic nitrogens is 2. The summed E-state index contributed by atoms with van der Waals surface area (Å²) in [4.78, 5) is 14.7. The quantitative estimate of drug-likeness (QED) is 0.877. The molecule has 6 heteroatoms. The number of hydrogen-bond acceptors (Lipinski definition) is 3. The third-order valence-corrected chi connectivity index (χ3v) is 5.00. The van der Waals surface area contributed by atoms with Gasteiger partial charge in [0.1, 0.15) is 5.82 Å². The molecule has 134 valence electrons. The molecule has 0 spiro atoms. The number of carbonyl (C=O) groups excluding carboxylic acids is 1.